The minimum atomic E-state index is -2.87. The van der Waals surface area contributed by atoms with Crippen LogP contribution in [0.1, 0.15) is 6.42 Å². The molecule has 100 valence electrons. The highest BCUT2D eigenvalue weighted by atomic mass is 32.2. The second-order valence-electron chi connectivity index (χ2n) is 4.35. The number of sulfone groups is 1. The van der Waals surface area contributed by atoms with Crippen molar-refractivity contribution in [1.29, 1.82) is 0 Å². The summed E-state index contributed by atoms with van der Waals surface area (Å²) in [6, 6.07) is 9.55. The molecule has 3 rings (SSSR count). The van der Waals surface area contributed by atoms with Gasteiger partial charge < -0.3 is 0 Å². The molecule has 1 aromatic carbocycles. The third-order valence-electron chi connectivity index (χ3n) is 2.90. The largest absolute Gasteiger partial charge is 0.229 e. The number of hydrogen-bond donors (Lipinski definition) is 0. The molecule has 0 bridgehead atoms. The summed E-state index contributed by atoms with van der Waals surface area (Å²) in [5.74, 6) is 0.469. The van der Waals surface area contributed by atoms with Crippen LogP contribution in [0.25, 0.3) is 5.69 Å². The second-order valence-corrected chi connectivity index (χ2v) is 7.85. The van der Waals surface area contributed by atoms with E-state index in [1.54, 1.807) is 4.68 Å². The monoisotopic (exact) mass is 296 g/mol. The summed E-state index contributed by atoms with van der Waals surface area (Å²) in [5, 5.41) is 12.3. The Morgan fingerprint density at radius 3 is 2.74 bits per heavy atom. The van der Waals surface area contributed by atoms with Crippen molar-refractivity contribution in [2.45, 2.75) is 16.8 Å². The van der Waals surface area contributed by atoms with Gasteiger partial charge in [-0.1, -0.05) is 30.0 Å². The fourth-order valence-corrected chi connectivity index (χ4v) is 5.43. The Labute approximate surface area is 115 Å². The van der Waals surface area contributed by atoms with Crippen LogP contribution in [0.2, 0.25) is 0 Å². The minimum Gasteiger partial charge on any atom is -0.229 e. The zero-order chi connectivity index (χ0) is 13.3. The molecule has 2 aromatic rings. The topological polar surface area (TPSA) is 77.7 Å². The average molecular weight is 296 g/mol. The lowest BCUT2D eigenvalue weighted by Crippen LogP contribution is -2.08. The number of hydrogen-bond acceptors (Lipinski definition) is 6. The third-order valence-corrected chi connectivity index (χ3v) is 6.08. The van der Waals surface area contributed by atoms with Crippen molar-refractivity contribution >= 4 is 21.6 Å². The molecule has 0 spiro atoms. The summed E-state index contributed by atoms with van der Waals surface area (Å²) in [6.07, 6.45) is 0.661. The van der Waals surface area contributed by atoms with Crippen molar-refractivity contribution in [1.82, 2.24) is 20.2 Å². The summed E-state index contributed by atoms with van der Waals surface area (Å²) < 4.78 is 24.5. The van der Waals surface area contributed by atoms with Gasteiger partial charge in [-0.25, -0.2) is 8.42 Å². The molecule has 1 aliphatic heterocycles. The first-order valence-corrected chi connectivity index (χ1v) is 8.55. The molecule has 1 aromatic heterocycles. The zero-order valence-electron chi connectivity index (χ0n) is 10.0. The molecule has 1 atom stereocenters. The van der Waals surface area contributed by atoms with E-state index in [1.165, 1.54) is 11.8 Å². The van der Waals surface area contributed by atoms with Crippen LogP contribution in [-0.2, 0) is 9.84 Å². The van der Waals surface area contributed by atoms with Crippen molar-refractivity contribution in [3.63, 3.8) is 0 Å². The van der Waals surface area contributed by atoms with Crippen LogP contribution < -0.4 is 0 Å². The number of thioether (sulfide) groups is 1. The molecule has 19 heavy (non-hydrogen) atoms. The molecule has 0 amide bonds. The lowest BCUT2D eigenvalue weighted by molar-refractivity contribution is 0.602. The van der Waals surface area contributed by atoms with Crippen molar-refractivity contribution in [2.75, 3.05) is 11.5 Å². The maximum atomic E-state index is 11.5. The summed E-state index contributed by atoms with van der Waals surface area (Å²) >= 11 is 1.43. The van der Waals surface area contributed by atoms with E-state index in [9.17, 15) is 8.42 Å². The van der Waals surface area contributed by atoms with Gasteiger partial charge in [0, 0.05) is 5.25 Å². The number of para-hydroxylation sites is 1. The first-order valence-electron chi connectivity index (χ1n) is 5.85. The normalized spacial score (nSPS) is 21.6. The molecule has 0 N–H and O–H groups in total. The lowest BCUT2D eigenvalue weighted by atomic mass is 10.3. The van der Waals surface area contributed by atoms with Crippen LogP contribution in [0.3, 0.4) is 0 Å². The van der Waals surface area contributed by atoms with Gasteiger partial charge in [0.15, 0.2) is 9.84 Å². The molecule has 0 saturated carbocycles. The van der Waals surface area contributed by atoms with E-state index >= 15 is 0 Å². The van der Waals surface area contributed by atoms with Gasteiger partial charge in [0.25, 0.3) is 0 Å². The summed E-state index contributed by atoms with van der Waals surface area (Å²) in [7, 11) is -2.87. The second kappa shape index (κ2) is 4.93. The van der Waals surface area contributed by atoms with E-state index in [-0.39, 0.29) is 16.8 Å². The maximum Gasteiger partial charge on any atom is 0.214 e. The first kappa shape index (κ1) is 12.6. The van der Waals surface area contributed by atoms with Crippen LogP contribution in [0.4, 0.5) is 0 Å². The van der Waals surface area contributed by atoms with Crippen molar-refractivity contribution in [2.24, 2.45) is 0 Å². The molecular formula is C11H12N4O2S2. The average Bonchev–Trinajstić information content (AvgIpc) is 2.98. The Kier molecular flexibility index (Phi) is 3.28. The van der Waals surface area contributed by atoms with Crippen LogP contribution >= 0.6 is 11.8 Å². The lowest BCUT2D eigenvalue weighted by Gasteiger charge is -2.07. The van der Waals surface area contributed by atoms with Crippen LogP contribution in [-0.4, -0.2) is 45.4 Å². The molecule has 0 unspecified atom stereocenters. The molecule has 2 heterocycles. The maximum absolute atomic E-state index is 11.5. The van der Waals surface area contributed by atoms with E-state index < -0.39 is 9.84 Å². The third kappa shape index (κ3) is 2.79. The van der Waals surface area contributed by atoms with E-state index in [0.29, 0.717) is 11.6 Å². The standard InChI is InChI=1S/C11H12N4O2S2/c16-19(17)7-6-10(8-19)18-11-12-13-14-15(11)9-4-2-1-3-5-9/h1-5,10H,6-8H2/t10-/m0/s1. The molecule has 0 radical (unpaired) electrons. The SMILES string of the molecule is O=S1(=O)CC[C@H](Sc2nnnn2-c2ccccc2)C1. The van der Waals surface area contributed by atoms with Crippen molar-refractivity contribution < 1.29 is 8.42 Å². The van der Waals surface area contributed by atoms with Crippen LogP contribution in [0.15, 0.2) is 35.5 Å². The molecular weight excluding hydrogens is 284 g/mol. The first-order chi connectivity index (χ1) is 9.14. The number of benzene rings is 1. The van der Waals surface area contributed by atoms with Gasteiger partial charge >= 0.3 is 0 Å². The Hall–Kier alpha value is -1.41. The minimum absolute atomic E-state index is 0.0402. The highest BCUT2D eigenvalue weighted by molar-refractivity contribution is 8.01. The van der Waals surface area contributed by atoms with E-state index in [4.69, 9.17) is 0 Å². The predicted molar refractivity (Wildman–Crippen MR) is 72.1 cm³/mol. The van der Waals surface area contributed by atoms with Gasteiger partial charge in [-0.05, 0) is 29.0 Å². The Morgan fingerprint density at radius 2 is 2.05 bits per heavy atom. The molecule has 1 saturated heterocycles. The highest BCUT2D eigenvalue weighted by Gasteiger charge is 2.30. The number of tetrazole rings is 1. The van der Waals surface area contributed by atoms with Crippen LogP contribution in [0.5, 0.6) is 0 Å². The van der Waals surface area contributed by atoms with E-state index in [0.717, 1.165) is 5.69 Å². The summed E-state index contributed by atoms with van der Waals surface area (Å²) in [4.78, 5) is 0. The van der Waals surface area contributed by atoms with Crippen molar-refractivity contribution in [3.05, 3.63) is 30.3 Å². The molecule has 1 aliphatic rings. The van der Waals surface area contributed by atoms with E-state index in [2.05, 4.69) is 15.5 Å². The van der Waals surface area contributed by atoms with Gasteiger partial charge in [0.05, 0.1) is 17.2 Å². The summed E-state index contributed by atoms with van der Waals surface area (Å²) in [5.41, 5.74) is 0.871. The molecule has 0 aliphatic carbocycles. The van der Waals surface area contributed by atoms with Gasteiger partial charge in [-0.2, -0.15) is 4.68 Å². The van der Waals surface area contributed by atoms with Crippen molar-refractivity contribution in [3.8, 4) is 5.69 Å². The van der Waals surface area contributed by atoms with Gasteiger partial charge in [0.1, 0.15) is 0 Å². The summed E-state index contributed by atoms with van der Waals surface area (Å²) in [6.45, 7) is 0. The van der Waals surface area contributed by atoms with Gasteiger partial charge in [-0.3, -0.25) is 0 Å². The quantitative estimate of drug-likeness (QED) is 0.839. The molecule has 6 nitrogen and oxygen atoms in total. The fourth-order valence-electron chi connectivity index (χ4n) is 1.99. The Balaban J connectivity index is 1.82. The zero-order valence-corrected chi connectivity index (χ0v) is 11.6. The van der Waals surface area contributed by atoms with Gasteiger partial charge in [0.2, 0.25) is 5.16 Å². The molecule has 1 fully saturated rings. The van der Waals surface area contributed by atoms with Gasteiger partial charge in [-0.15, -0.1) is 5.10 Å². The Morgan fingerprint density at radius 1 is 1.26 bits per heavy atom. The van der Waals surface area contributed by atoms with E-state index in [1.807, 2.05) is 30.3 Å². The highest BCUT2D eigenvalue weighted by Crippen LogP contribution is 2.30. The van der Waals surface area contributed by atoms with Crippen LogP contribution in [0, 0.1) is 0 Å². The number of nitrogens with zero attached hydrogens (tertiary/aromatic N) is 4. The fraction of sp³-hybridized carbons (Fsp3) is 0.364. The smallest absolute Gasteiger partial charge is 0.214 e. The molecule has 8 heteroatoms. The number of aromatic nitrogens is 4. The predicted octanol–water partition coefficient (Wildman–Crippen LogP) is 0.941. The number of rotatable bonds is 3. The Bertz CT molecular complexity index is 669.